The van der Waals surface area contributed by atoms with Crippen LogP contribution in [0, 0.1) is 6.92 Å². The van der Waals surface area contributed by atoms with Crippen LogP contribution in [-0.2, 0) is 0 Å². The van der Waals surface area contributed by atoms with E-state index in [-0.39, 0.29) is 11.9 Å². The quantitative estimate of drug-likeness (QED) is 0.425. The highest BCUT2D eigenvalue weighted by atomic mass is 16.1. The maximum absolute atomic E-state index is 13.4. The van der Waals surface area contributed by atoms with Crippen molar-refractivity contribution in [3.05, 3.63) is 126 Å². The summed E-state index contributed by atoms with van der Waals surface area (Å²) < 4.78 is 1.73. The summed E-state index contributed by atoms with van der Waals surface area (Å²) >= 11 is 0. The predicted octanol–water partition coefficient (Wildman–Crippen LogP) is 5.22. The molecule has 0 bridgehead atoms. The Labute approximate surface area is 186 Å². The van der Waals surface area contributed by atoms with Crippen molar-refractivity contribution in [2.45, 2.75) is 13.0 Å². The van der Waals surface area contributed by atoms with E-state index in [4.69, 9.17) is 5.10 Å². The second kappa shape index (κ2) is 8.47. The van der Waals surface area contributed by atoms with Gasteiger partial charge in [0.05, 0.1) is 23.0 Å². The molecule has 0 radical (unpaired) electrons. The molecule has 0 spiro atoms. The van der Waals surface area contributed by atoms with E-state index in [1.807, 2.05) is 104 Å². The monoisotopic (exact) mass is 418 g/mol. The highest BCUT2D eigenvalue weighted by Gasteiger charge is 2.20. The zero-order valence-corrected chi connectivity index (χ0v) is 17.6. The van der Waals surface area contributed by atoms with Gasteiger partial charge in [-0.25, -0.2) is 9.50 Å². The molecule has 156 valence electrons. The molecule has 0 aliphatic rings. The fourth-order valence-electron chi connectivity index (χ4n) is 3.88. The molecule has 0 unspecified atom stereocenters. The first kappa shape index (κ1) is 19.7. The summed E-state index contributed by atoms with van der Waals surface area (Å²) in [6, 6.07) is 31.5. The lowest BCUT2D eigenvalue weighted by Gasteiger charge is -2.20. The van der Waals surface area contributed by atoms with Gasteiger partial charge in [-0.2, -0.15) is 5.10 Å². The number of benzene rings is 3. The molecule has 0 aliphatic carbocycles. The Morgan fingerprint density at radius 1 is 0.844 bits per heavy atom. The van der Waals surface area contributed by atoms with Gasteiger partial charge in [-0.1, -0.05) is 91.0 Å². The molecule has 0 saturated carbocycles. The van der Waals surface area contributed by atoms with Crippen LogP contribution in [0.1, 0.15) is 33.2 Å². The van der Waals surface area contributed by atoms with E-state index in [0.29, 0.717) is 11.2 Å². The van der Waals surface area contributed by atoms with Crippen LogP contribution >= 0.6 is 0 Å². The van der Waals surface area contributed by atoms with Crippen molar-refractivity contribution < 1.29 is 4.79 Å². The molecule has 0 saturated heterocycles. The van der Waals surface area contributed by atoms with Crippen LogP contribution < -0.4 is 5.32 Å². The lowest BCUT2D eigenvalue weighted by atomic mass is 9.98. The van der Waals surface area contributed by atoms with Gasteiger partial charge in [0.15, 0.2) is 5.65 Å². The van der Waals surface area contributed by atoms with Crippen LogP contribution in [0.3, 0.4) is 0 Å². The van der Waals surface area contributed by atoms with Gasteiger partial charge in [-0.05, 0) is 18.1 Å². The van der Waals surface area contributed by atoms with Gasteiger partial charge in [0.1, 0.15) is 0 Å². The molecule has 1 amide bonds. The number of carbonyl (C=O) groups excluding carboxylic acids is 1. The number of carbonyl (C=O) groups is 1. The smallest absolute Gasteiger partial charge is 0.255 e. The first-order valence-corrected chi connectivity index (χ1v) is 10.5. The van der Waals surface area contributed by atoms with Gasteiger partial charge < -0.3 is 5.32 Å². The van der Waals surface area contributed by atoms with Gasteiger partial charge in [0.25, 0.3) is 5.91 Å². The Balaban J connectivity index is 1.50. The third kappa shape index (κ3) is 3.76. The predicted molar refractivity (Wildman–Crippen MR) is 125 cm³/mol. The van der Waals surface area contributed by atoms with Gasteiger partial charge in [0, 0.05) is 17.8 Å². The van der Waals surface area contributed by atoms with Crippen LogP contribution in [0.15, 0.2) is 103 Å². The van der Waals surface area contributed by atoms with Crippen molar-refractivity contribution in [3.8, 4) is 11.3 Å². The fourth-order valence-corrected chi connectivity index (χ4v) is 3.88. The first-order valence-electron chi connectivity index (χ1n) is 10.5. The lowest BCUT2D eigenvalue weighted by Crippen LogP contribution is -2.30. The number of hydrogen-bond acceptors (Lipinski definition) is 3. The highest BCUT2D eigenvalue weighted by Crippen LogP contribution is 2.24. The summed E-state index contributed by atoms with van der Waals surface area (Å²) in [5.41, 5.74) is 5.82. The number of hydrogen-bond donors (Lipinski definition) is 1. The minimum absolute atomic E-state index is 0.189. The summed E-state index contributed by atoms with van der Waals surface area (Å²) in [5.74, 6) is -0.189. The number of rotatable bonds is 5. The summed E-state index contributed by atoms with van der Waals surface area (Å²) in [6.45, 7) is 1.89. The van der Waals surface area contributed by atoms with Crippen LogP contribution in [0.25, 0.3) is 16.9 Å². The minimum atomic E-state index is -0.266. The van der Waals surface area contributed by atoms with Crippen molar-refractivity contribution in [1.82, 2.24) is 19.9 Å². The number of nitrogens with one attached hydrogen (secondary N) is 1. The van der Waals surface area contributed by atoms with E-state index in [1.54, 1.807) is 10.7 Å². The van der Waals surface area contributed by atoms with Crippen molar-refractivity contribution in [2.24, 2.45) is 0 Å². The highest BCUT2D eigenvalue weighted by molar-refractivity contribution is 5.95. The molecule has 32 heavy (non-hydrogen) atoms. The van der Waals surface area contributed by atoms with Crippen LogP contribution in [0.5, 0.6) is 0 Å². The van der Waals surface area contributed by atoms with E-state index >= 15 is 0 Å². The summed E-state index contributed by atoms with van der Waals surface area (Å²) in [5, 5.41) is 7.89. The van der Waals surface area contributed by atoms with Crippen molar-refractivity contribution >= 4 is 11.6 Å². The third-order valence-corrected chi connectivity index (χ3v) is 5.58. The maximum atomic E-state index is 13.4. The zero-order chi connectivity index (χ0) is 21.9. The lowest BCUT2D eigenvalue weighted by molar-refractivity contribution is 0.0941. The fraction of sp³-hybridized carbons (Fsp3) is 0.0741. The summed E-state index contributed by atoms with van der Waals surface area (Å²) in [7, 11) is 0. The number of fused-ring (bicyclic) bond motifs is 1. The standard InChI is InChI=1S/C27H22N4O/c1-19-23(18-28-25-17-24(30-31(19)25)20-11-5-2-6-12-20)27(32)29-26(21-13-7-3-8-14-21)22-15-9-4-10-16-22/h2-18,26H,1H3,(H,29,32). The molecular formula is C27H22N4O. The Morgan fingerprint density at radius 2 is 1.41 bits per heavy atom. The normalized spacial score (nSPS) is 11.1. The summed E-state index contributed by atoms with van der Waals surface area (Å²) in [6.07, 6.45) is 1.63. The third-order valence-electron chi connectivity index (χ3n) is 5.58. The Kier molecular flexibility index (Phi) is 5.22. The molecule has 0 atom stereocenters. The van der Waals surface area contributed by atoms with Crippen LogP contribution in [-0.4, -0.2) is 20.5 Å². The van der Waals surface area contributed by atoms with Crippen molar-refractivity contribution in [2.75, 3.05) is 0 Å². The Hall–Kier alpha value is -4.25. The molecule has 1 N–H and O–H groups in total. The Morgan fingerprint density at radius 3 is 2.00 bits per heavy atom. The molecule has 2 heterocycles. The second-order valence-corrected chi connectivity index (χ2v) is 7.65. The molecule has 2 aromatic heterocycles. The van der Waals surface area contributed by atoms with E-state index in [2.05, 4.69) is 10.3 Å². The summed E-state index contributed by atoms with van der Waals surface area (Å²) in [4.78, 5) is 17.9. The number of nitrogens with zero attached hydrogens (tertiary/aromatic N) is 3. The molecule has 5 aromatic rings. The minimum Gasteiger partial charge on any atom is -0.341 e. The number of amides is 1. The van der Waals surface area contributed by atoms with E-state index < -0.39 is 0 Å². The SMILES string of the molecule is Cc1c(C(=O)NC(c2ccccc2)c2ccccc2)cnc2cc(-c3ccccc3)nn12. The molecule has 5 rings (SSSR count). The van der Waals surface area contributed by atoms with Gasteiger partial charge in [-0.3, -0.25) is 4.79 Å². The average molecular weight is 419 g/mol. The molecule has 3 aromatic carbocycles. The van der Waals surface area contributed by atoms with Gasteiger partial charge in [0.2, 0.25) is 0 Å². The average Bonchev–Trinajstić information content (AvgIpc) is 3.30. The van der Waals surface area contributed by atoms with Crippen LogP contribution in [0.2, 0.25) is 0 Å². The maximum Gasteiger partial charge on any atom is 0.255 e. The largest absolute Gasteiger partial charge is 0.341 e. The first-order chi connectivity index (χ1) is 15.7. The number of aryl methyl sites for hydroxylation is 1. The topological polar surface area (TPSA) is 59.3 Å². The second-order valence-electron chi connectivity index (χ2n) is 7.65. The number of aromatic nitrogens is 3. The molecule has 0 fully saturated rings. The van der Waals surface area contributed by atoms with Crippen molar-refractivity contribution in [3.63, 3.8) is 0 Å². The van der Waals surface area contributed by atoms with Gasteiger partial charge in [-0.15, -0.1) is 0 Å². The Bertz CT molecular complexity index is 1320. The van der Waals surface area contributed by atoms with E-state index in [9.17, 15) is 4.79 Å². The molecule has 5 heteroatoms. The van der Waals surface area contributed by atoms with E-state index in [1.165, 1.54) is 0 Å². The molecule has 5 nitrogen and oxygen atoms in total. The van der Waals surface area contributed by atoms with Crippen LogP contribution in [0.4, 0.5) is 0 Å². The zero-order valence-electron chi connectivity index (χ0n) is 17.6. The van der Waals surface area contributed by atoms with E-state index in [0.717, 1.165) is 28.1 Å². The van der Waals surface area contributed by atoms with Gasteiger partial charge >= 0.3 is 0 Å². The molecule has 0 aliphatic heterocycles. The molecular weight excluding hydrogens is 396 g/mol. The van der Waals surface area contributed by atoms with Crippen molar-refractivity contribution in [1.29, 1.82) is 0 Å².